The molecule has 2 N–H and O–H groups in total. The highest BCUT2D eigenvalue weighted by Gasteiger charge is 2.75. The standard InChI is InChI=1S/C7H8F8O2/c8-1-3(9)4(17)5(2-16,6(10,11)12)7(13,14)15/h3-4,16-17H,1-2H2. The molecule has 0 radical (unpaired) electrons. The van der Waals surface area contributed by atoms with Gasteiger partial charge in [0.1, 0.15) is 12.8 Å². The number of aliphatic hydroxyl groups is 2. The van der Waals surface area contributed by atoms with Crippen molar-refractivity contribution in [2.45, 2.75) is 24.6 Å². The Balaban J connectivity index is 5.69. The van der Waals surface area contributed by atoms with Crippen LogP contribution in [-0.2, 0) is 0 Å². The van der Waals surface area contributed by atoms with E-state index in [4.69, 9.17) is 10.2 Å². The van der Waals surface area contributed by atoms with Crippen molar-refractivity contribution >= 4 is 0 Å². The summed E-state index contributed by atoms with van der Waals surface area (Å²) in [4.78, 5) is 0. The Kier molecular flexibility index (Phi) is 4.74. The van der Waals surface area contributed by atoms with Crippen LogP contribution in [0.25, 0.3) is 0 Å². The first-order valence-corrected chi connectivity index (χ1v) is 4.08. The van der Waals surface area contributed by atoms with Crippen LogP contribution in [-0.4, -0.2) is 48.1 Å². The van der Waals surface area contributed by atoms with E-state index in [0.717, 1.165) is 0 Å². The van der Waals surface area contributed by atoms with Crippen LogP contribution in [0.2, 0.25) is 0 Å². The second kappa shape index (κ2) is 4.92. The van der Waals surface area contributed by atoms with Gasteiger partial charge < -0.3 is 10.2 Å². The molecule has 0 aliphatic rings. The zero-order valence-corrected chi connectivity index (χ0v) is 7.99. The van der Waals surface area contributed by atoms with Gasteiger partial charge in [-0.05, 0) is 0 Å². The maximum absolute atomic E-state index is 12.5. The van der Waals surface area contributed by atoms with Crippen LogP contribution in [0.1, 0.15) is 0 Å². The molecule has 0 fully saturated rings. The molecule has 0 saturated carbocycles. The quantitative estimate of drug-likeness (QED) is 0.768. The highest BCUT2D eigenvalue weighted by molar-refractivity contribution is 5.01. The van der Waals surface area contributed by atoms with Gasteiger partial charge in [0.2, 0.25) is 5.41 Å². The van der Waals surface area contributed by atoms with E-state index < -0.39 is 43.3 Å². The van der Waals surface area contributed by atoms with E-state index in [0.29, 0.717) is 0 Å². The normalized spacial score (nSPS) is 18.0. The molecule has 0 aromatic heterocycles. The topological polar surface area (TPSA) is 40.5 Å². The predicted molar refractivity (Wildman–Crippen MR) is 38.5 cm³/mol. The molecule has 17 heavy (non-hydrogen) atoms. The molecule has 0 spiro atoms. The fraction of sp³-hybridized carbons (Fsp3) is 1.00. The Bertz CT molecular complexity index is 233. The molecule has 2 nitrogen and oxygen atoms in total. The van der Waals surface area contributed by atoms with Crippen LogP contribution in [0, 0.1) is 5.41 Å². The Labute approximate surface area is 89.8 Å². The first-order valence-electron chi connectivity index (χ1n) is 4.08. The maximum Gasteiger partial charge on any atom is 0.408 e. The fourth-order valence-electron chi connectivity index (χ4n) is 1.16. The van der Waals surface area contributed by atoms with E-state index in [9.17, 15) is 35.1 Å². The average Bonchev–Trinajstić information content (AvgIpc) is 2.13. The van der Waals surface area contributed by atoms with Crippen molar-refractivity contribution in [2.24, 2.45) is 5.41 Å². The Hall–Kier alpha value is -0.640. The molecular weight excluding hydrogens is 268 g/mol. The number of hydrogen-bond acceptors (Lipinski definition) is 2. The minimum atomic E-state index is -6.18. The van der Waals surface area contributed by atoms with Crippen molar-refractivity contribution in [3.05, 3.63) is 0 Å². The Morgan fingerprint density at radius 3 is 1.47 bits per heavy atom. The third-order valence-corrected chi connectivity index (χ3v) is 2.26. The zero-order chi connectivity index (χ0) is 14.1. The lowest BCUT2D eigenvalue weighted by atomic mass is 9.79. The highest BCUT2D eigenvalue weighted by atomic mass is 19.4. The lowest BCUT2D eigenvalue weighted by molar-refractivity contribution is -0.379. The van der Waals surface area contributed by atoms with Gasteiger partial charge in [-0.2, -0.15) is 26.3 Å². The SMILES string of the molecule is OCC(C(O)C(F)CF)(C(F)(F)F)C(F)(F)F. The second-order valence-electron chi connectivity index (χ2n) is 3.24. The number of halogens is 8. The van der Waals surface area contributed by atoms with Crippen molar-refractivity contribution in [3.8, 4) is 0 Å². The van der Waals surface area contributed by atoms with Gasteiger partial charge in [-0.15, -0.1) is 0 Å². The first-order chi connectivity index (χ1) is 7.45. The van der Waals surface area contributed by atoms with E-state index >= 15 is 0 Å². The lowest BCUT2D eigenvalue weighted by Gasteiger charge is -2.39. The summed E-state index contributed by atoms with van der Waals surface area (Å²) in [5.41, 5.74) is -5.11. The summed E-state index contributed by atoms with van der Waals surface area (Å²) in [6.07, 6.45) is -19.6. The zero-order valence-electron chi connectivity index (χ0n) is 7.99. The highest BCUT2D eigenvalue weighted by Crippen LogP contribution is 2.53. The molecule has 0 amide bonds. The molecular formula is C7H8F8O2. The van der Waals surface area contributed by atoms with Crippen LogP contribution in [0.3, 0.4) is 0 Å². The summed E-state index contributed by atoms with van der Waals surface area (Å²) >= 11 is 0. The van der Waals surface area contributed by atoms with Crippen molar-refractivity contribution in [2.75, 3.05) is 13.3 Å². The first kappa shape index (κ1) is 16.4. The number of alkyl halides is 8. The van der Waals surface area contributed by atoms with Crippen molar-refractivity contribution in [1.29, 1.82) is 0 Å². The predicted octanol–water partition coefficient (Wildman–Crippen LogP) is 1.76. The summed E-state index contributed by atoms with van der Waals surface area (Å²) in [5, 5.41) is 17.0. The molecule has 0 aromatic carbocycles. The van der Waals surface area contributed by atoms with Gasteiger partial charge in [0.15, 0.2) is 6.17 Å². The number of hydrogen-bond donors (Lipinski definition) is 2. The van der Waals surface area contributed by atoms with E-state index in [1.54, 1.807) is 0 Å². The van der Waals surface area contributed by atoms with E-state index in [1.165, 1.54) is 0 Å². The molecule has 10 heteroatoms. The van der Waals surface area contributed by atoms with Gasteiger partial charge in [0.25, 0.3) is 0 Å². The van der Waals surface area contributed by atoms with Crippen LogP contribution < -0.4 is 0 Å². The summed E-state index contributed by atoms with van der Waals surface area (Å²) < 4.78 is 98.0. The molecule has 0 saturated heterocycles. The van der Waals surface area contributed by atoms with E-state index in [1.807, 2.05) is 0 Å². The van der Waals surface area contributed by atoms with Gasteiger partial charge >= 0.3 is 12.4 Å². The van der Waals surface area contributed by atoms with Gasteiger partial charge in [0, 0.05) is 0 Å². The monoisotopic (exact) mass is 276 g/mol. The molecule has 2 atom stereocenters. The molecule has 2 unspecified atom stereocenters. The summed E-state index contributed by atoms with van der Waals surface area (Å²) in [6, 6.07) is 0. The van der Waals surface area contributed by atoms with Gasteiger partial charge in [-0.25, -0.2) is 8.78 Å². The molecule has 104 valence electrons. The smallest absolute Gasteiger partial charge is 0.395 e. The molecule has 0 aromatic rings. The third-order valence-electron chi connectivity index (χ3n) is 2.26. The van der Waals surface area contributed by atoms with Gasteiger partial charge in [-0.1, -0.05) is 0 Å². The molecule has 0 rings (SSSR count). The van der Waals surface area contributed by atoms with E-state index in [-0.39, 0.29) is 0 Å². The Morgan fingerprint density at radius 1 is 0.941 bits per heavy atom. The fourth-order valence-corrected chi connectivity index (χ4v) is 1.16. The van der Waals surface area contributed by atoms with Gasteiger partial charge in [0.05, 0.1) is 6.61 Å². The minimum absolute atomic E-state index is 2.24. The van der Waals surface area contributed by atoms with Crippen LogP contribution >= 0.6 is 0 Å². The lowest BCUT2D eigenvalue weighted by Crippen LogP contribution is -2.62. The van der Waals surface area contributed by atoms with Crippen molar-refractivity contribution in [3.63, 3.8) is 0 Å². The molecule has 0 aliphatic heterocycles. The van der Waals surface area contributed by atoms with E-state index in [2.05, 4.69) is 0 Å². The summed E-state index contributed by atoms with van der Waals surface area (Å²) in [6.45, 7) is -4.88. The van der Waals surface area contributed by atoms with Gasteiger partial charge in [-0.3, -0.25) is 0 Å². The summed E-state index contributed by atoms with van der Waals surface area (Å²) in [7, 11) is 0. The third kappa shape index (κ3) is 2.62. The molecule has 0 aliphatic carbocycles. The van der Waals surface area contributed by atoms with Crippen LogP contribution in [0.15, 0.2) is 0 Å². The van der Waals surface area contributed by atoms with Crippen molar-refractivity contribution in [1.82, 2.24) is 0 Å². The van der Waals surface area contributed by atoms with Crippen molar-refractivity contribution < 1.29 is 45.3 Å². The van der Waals surface area contributed by atoms with Crippen LogP contribution in [0.4, 0.5) is 35.1 Å². The maximum atomic E-state index is 12.5. The molecule has 0 bridgehead atoms. The second-order valence-corrected chi connectivity index (χ2v) is 3.24. The largest absolute Gasteiger partial charge is 0.408 e. The summed E-state index contributed by atoms with van der Waals surface area (Å²) in [5.74, 6) is 0. The number of aliphatic hydroxyl groups excluding tert-OH is 2. The molecule has 0 heterocycles. The Morgan fingerprint density at radius 2 is 1.29 bits per heavy atom. The average molecular weight is 276 g/mol. The minimum Gasteiger partial charge on any atom is -0.395 e. The number of rotatable bonds is 4. The van der Waals surface area contributed by atoms with Crippen LogP contribution in [0.5, 0.6) is 0 Å².